The summed E-state index contributed by atoms with van der Waals surface area (Å²) in [6, 6.07) is 7.41. The van der Waals surface area contributed by atoms with Crippen molar-refractivity contribution in [2.24, 2.45) is 11.8 Å². The maximum absolute atomic E-state index is 12.6. The monoisotopic (exact) mass is 356 g/mol. The molecule has 1 fully saturated rings. The molecule has 1 aromatic rings. The third-order valence-electron chi connectivity index (χ3n) is 5.08. The third kappa shape index (κ3) is 4.31. The average molecular weight is 356 g/mol. The van der Waals surface area contributed by atoms with E-state index in [9.17, 15) is 19.5 Å². The molecule has 0 aromatic heterocycles. The molecular formula is C20H24N2O4. The number of piperidine rings is 1. The number of hydrogen-bond acceptors (Lipinski definition) is 3. The molecule has 0 spiro atoms. The van der Waals surface area contributed by atoms with Gasteiger partial charge in [0.1, 0.15) is 0 Å². The van der Waals surface area contributed by atoms with Crippen LogP contribution in [-0.2, 0) is 20.9 Å². The maximum atomic E-state index is 12.6. The number of benzene rings is 1. The number of carbonyl (C=O) groups excluding carboxylic acids is 2. The van der Waals surface area contributed by atoms with Crippen LogP contribution < -0.4 is 5.32 Å². The maximum Gasteiger partial charge on any atom is 0.307 e. The Morgan fingerprint density at radius 1 is 1.15 bits per heavy atom. The number of nitrogens with one attached hydrogen (secondary N) is 1. The summed E-state index contributed by atoms with van der Waals surface area (Å²) in [5.74, 6) is -2.29. The van der Waals surface area contributed by atoms with Crippen molar-refractivity contribution < 1.29 is 19.5 Å². The van der Waals surface area contributed by atoms with Crippen molar-refractivity contribution in [3.05, 3.63) is 42.0 Å². The summed E-state index contributed by atoms with van der Waals surface area (Å²) < 4.78 is 0. The fourth-order valence-corrected chi connectivity index (χ4v) is 3.61. The number of anilines is 1. The Labute approximate surface area is 152 Å². The predicted molar refractivity (Wildman–Crippen MR) is 97.3 cm³/mol. The lowest BCUT2D eigenvalue weighted by Gasteiger charge is -2.27. The highest BCUT2D eigenvalue weighted by atomic mass is 16.4. The van der Waals surface area contributed by atoms with Crippen LogP contribution in [0.5, 0.6) is 0 Å². The number of aliphatic carboxylic acids is 1. The molecule has 26 heavy (non-hydrogen) atoms. The van der Waals surface area contributed by atoms with Gasteiger partial charge in [0.2, 0.25) is 11.8 Å². The van der Waals surface area contributed by atoms with Gasteiger partial charge in [0.25, 0.3) is 0 Å². The number of nitrogens with zero attached hydrogens (tertiary/aromatic N) is 1. The summed E-state index contributed by atoms with van der Waals surface area (Å²) in [6.07, 6.45) is 7.07. The summed E-state index contributed by atoms with van der Waals surface area (Å²) >= 11 is 0. The minimum atomic E-state index is -0.938. The Morgan fingerprint density at radius 2 is 1.92 bits per heavy atom. The normalized spacial score (nSPS) is 22.9. The lowest BCUT2D eigenvalue weighted by molar-refractivity contribution is -0.146. The zero-order valence-corrected chi connectivity index (χ0v) is 14.7. The van der Waals surface area contributed by atoms with E-state index in [0.29, 0.717) is 31.5 Å². The van der Waals surface area contributed by atoms with Gasteiger partial charge in [0, 0.05) is 25.2 Å². The number of amides is 2. The van der Waals surface area contributed by atoms with Crippen LogP contribution in [0.25, 0.3) is 0 Å². The molecule has 0 saturated carbocycles. The van der Waals surface area contributed by atoms with Gasteiger partial charge in [0.15, 0.2) is 0 Å². The largest absolute Gasteiger partial charge is 0.481 e. The first-order valence-corrected chi connectivity index (χ1v) is 9.10. The van der Waals surface area contributed by atoms with E-state index in [0.717, 1.165) is 24.9 Å². The highest BCUT2D eigenvalue weighted by Gasteiger charge is 2.34. The number of carboxylic acid groups (broad SMARTS) is 1. The first kappa shape index (κ1) is 18.2. The van der Waals surface area contributed by atoms with Gasteiger partial charge >= 0.3 is 5.97 Å². The molecule has 1 saturated heterocycles. The molecule has 2 N–H and O–H groups in total. The van der Waals surface area contributed by atoms with Crippen LogP contribution in [0.3, 0.4) is 0 Å². The Morgan fingerprint density at radius 3 is 2.65 bits per heavy atom. The van der Waals surface area contributed by atoms with E-state index in [-0.39, 0.29) is 11.8 Å². The van der Waals surface area contributed by atoms with Crippen molar-refractivity contribution in [1.29, 1.82) is 0 Å². The van der Waals surface area contributed by atoms with Crippen LogP contribution in [-0.4, -0.2) is 34.3 Å². The van der Waals surface area contributed by atoms with Crippen LogP contribution in [0.1, 0.15) is 37.7 Å². The smallest absolute Gasteiger partial charge is 0.307 e. The highest BCUT2D eigenvalue weighted by molar-refractivity contribution is 5.95. The predicted octanol–water partition coefficient (Wildman–Crippen LogP) is 2.80. The molecule has 0 radical (unpaired) electrons. The Balaban J connectivity index is 1.66. The lowest BCUT2D eigenvalue weighted by atomic mass is 9.82. The minimum absolute atomic E-state index is 0.170. The zero-order chi connectivity index (χ0) is 18.5. The molecule has 6 heteroatoms. The van der Waals surface area contributed by atoms with E-state index in [4.69, 9.17) is 0 Å². The minimum Gasteiger partial charge on any atom is -0.481 e. The standard InChI is InChI=1S/C20H24N2O4/c23-18-10-3-4-11-22(18)13-14-6-5-7-15(12-14)21-19(24)16-8-1-2-9-17(16)20(25)26/h1-2,5-7,12,16-17H,3-4,8-11,13H2,(H,21,24)(H,25,26)/t16-,17+/m1/s1. The highest BCUT2D eigenvalue weighted by Crippen LogP contribution is 2.27. The number of likely N-dealkylation sites (tertiary alicyclic amines) is 1. The quantitative estimate of drug-likeness (QED) is 0.794. The molecule has 1 aliphatic carbocycles. The summed E-state index contributed by atoms with van der Waals surface area (Å²) in [7, 11) is 0. The summed E-state index contributed by atoms with van der Waals surface area (Å²) in [5.41, 5.74) is 1.59. The third-order valence-corrected chi connectivity index (χ3v) is 5.08. The Hall–Kier alpha value is -2.63. The van der Waals surface area contributed by atoms with E-state index < -0.39 is 17.8 Å². The fraction of sp³-hybridized carbons (Fsp3) is 0.450. The van der Waals surface area contributed by atoms with E-state index in [1.165, 1.54) is 0 Å². The number of hydrogen-bond donors (Lipinski definition) is 2. The van der Waals surface area contributed by atoms with Gasteiger partial charge in [-0.1, -0.05) is 24.3 Å². The molecular weight excluding hydrogens is 332 g/mol. The second-order valence-electron chi connectivity index (χ2n) is 6.96. The Kier molecular flexibility index (Phi) is 5.71. The molecule has 1 aromatic carbocycles. The van der Waals surface area contributed by atoms with Gasteiger partial charge in [-0.2, -0.15) is 0 Å². The van der Waals surface area contributed by atoms with Gasteiger partial charge in [0.05, 0.1) is 11.8 Å². The fourth-order valence-electron chi connectivity index (χ4n) is 3.61. The van der Waals surface area contributed by atoms with Gasteiger partial charge in [-0.05, 0) is 43.4 Å². The molecule has 6 nitrogen and oxygen atoms in total. The molecule has 3 rings (SSSR count). The first-order valence-electron chi connectivity index (χ1n) is 9.10. The van der Waals surface area contributed by atoms with Crippen LogP contribution in [0.4, 0.5) is 5.69 Å². The van der Waals surface area contributed by atoms with Crippen LogP contribution in [0, 0.1) is 11.8 Å². The summed E-state index contributed by atoms with van der Waals surface area (Å²) in [5, 5.41) is 12.2. The van der Waals surface area contributed by atoms with Crippen LogP contribution in [0.2, 0.25) is 0 Å². The molecule has 138 valence electrons. The molecule has 0 bridgehead atoms. The second-order valence-corrected chi connectivity index (χ2v) is 6.96. The van der Waals surface area contributed by atoms with Gasteiger partial charge in [-0.15, -0.1) is 0 Å². The van der Waals surface area contributed by atoms with E-state index in [1.807, 2.05) is 35.3 Å². The second kappa shape index (κ2) is 8.17. The number of carbonyl (C=O) groups is 3. The van der Waals surface area contributed by atoms with Gasteiger partial charge in [-0.3, -0.25) is 14.4 Å². The van der Waals surface area contributed by atoms with Crippen molar-refractivity contribution in [2.75, 3.05) is 11.9 Å². The molecule has 1 aliphatic heterocycles. The first-order chi connectivity index (χ1) is 12.5. The molecule has 0 unspecified atom stereocenters. The van der Waals surface area contributed by atoms with Crippen molar-refractivity contribution in [2.45, 2.75) is 38.6 Å². The van der Waals surface area contributed by atoms with Crippen molar-refractivity contribution in [3.8, 4) is 0 Å². The lowest BCUT2D eigenvalue weighted by Crippen LogP contribution is -2.35. The molecule has 2 aliphatic rings. The Bertz CT molecular complexity index is 728. The topological polar surface area (TPSA) is 86.7 Å². The average Bonchev–Trinajstić information content (AvgIpc) is 2.64. The van der Waals surface area contributed by atoms with Crippen molar-refractivity contribution >= 4 is 23.5 Å². The number of allylic oxidation sites excluding steroid dienone is 2. The van der Waals surface area contributed by atoms with Gasteiger partial charge < -0.3 is 15.3 Å². The van der Waals surface area contributed by atoms with E-state index >= 15 is 0 Å². The van der Waals surface area contributed by atoms with Gasteiger partial charge in [-0.25, -0.2) is 0 Å². The summed E-state index contributed by atoms with van der Waals surface area (Å²) in [4.78, 5) is 37.7. The summed E-state index contributed by atoms with van der Waals surface area (Å²) in [6.45, 7) is 1.30. The SMILES string of the molecule is O=C(O)[C@H]1CC=CC[C@H]1C(=O)Nc1cccc(CN2CCCCC2=O)c1. The van der Waals surface area contributed by atoms with Crippen molar-refractivity contribution in [1.82, 2.24) is 4.90 Å². The molecule has 2 amide bonds. The van der Waals surface area contributed by atoms with E-state index in [2.05, 4.69) is 5.32 Å². The number of rotatable bonds is 5. The molecule has 1 heterocycles. The van der Waals surface area contributed by atoms with Crippen molar-refractivity contribution in [3.63, 3.8) is 0 Å². The van der Waals surface area contributed by atoms with Crippen LogP contribution in [0.15, 0.2) is 36.4 Å². The number of carboxylic acids is 1. The van der Waals surface area contributed by atoms with Crippen LogP contribution >= 0.6 is 0 Å². The molecule has 2 atom stereocenters. The van der Waals surface area contributed by atoms with E-state index in [1.54, 1.807) is 6.07 Å². The zero-order valence-electron chi connectivity index (χ0n) is 14.7.